The third-order valence-electron chi connectivity index (χ3n) is 2.58. The molecule has 1 aromatic rings. The Balaban J connectivity index is 0.00000256. The van der Waals surface area contributed by atoms with Crippen LogP contribution in [0, 0.1) is 0 Å². The van der Waals surface area contributed by atoms with Crippen molar-refractivity contribution in [2.75, 3.05) is 0 Å². The molecule has 0 aliphatic heterocycles. The zero-order chi connectivity index (χ0) is 12.1. The van der Waals surface area contributed by atoms with Crippen LogP contribution in [0.3, 0.4) is 0 Å². The van der Waals surface area contributed by atoms with E-state index < -0.39 is 11.9 Å². The summed E-state index contributed by atoms with van der Waals surface area (Å²) < 4.78 is 0. The first-order valence-corrected chi connectivity index (χ1v) is 5.43. The van der Waals surface area contributed by atoms with Gasteiger partial charge < -0.3 is 9.90 Å². The fraction of sp³-hybridized carbons (Fsp3) is 0.357. The third kappa shape index (κ3) is 5.53. The minimum Gasteiger partial charge on any atom is -0.550 e. The number of hydrogen-bond donors (Lipinski definition) is 0. The second-order valence-corrected chi connectivity index (χ2v) is 4.27. The third-order valence-corrected chi connectivity index (χ3v) is 2.58. The topological polar surface area (TPSA) is 40.1 Å². The van der Waals surface area contributed by atoms with Crippen LogP contribution in [-0.4, -0.2) is 5.97 Å². The van der Waals surface area contributed by atoms with Crippen molar-refractivity contribution in [3.05, 3.63) is 47.0 Å². The van der Waals surface area contributed by atoms with Crippen LogP contribution in [0.1, 0.15) is 37.8 Å². The van der Waals surface area contributed by atoms with E-state index in [2.05, 4.69) is 19.9 Å². The number of benzene rings is 1. The number of carbonyl (C=O) groups is 1. The van der Waals surface area contributed by atoms with Crippen LogP contribution < -0.4 is 34.7 Å². The Morgan fingerprint density at radius 2 is 1.82 bits per heavy atom. The molecule has 0 saturated carbocycles. The summed E-state index contributed by atoms with van der Waals surface area (Å²) >= 11 is 0. The summed E-state index contributed by atoms with van der Waals surface area (Å²) in [5.74, 6) is -1.57. The van der Waals surface area contributed by atoms with E-state index in [1.54, 1.807) is 6.92 Å². The molecule has 0 aliphatic rings. The molecule has 0 amide bonds. The van der Waals surface area contributed by atoms with Gasteiger partial charge in [0.1, 0.15) is 0 Å². The monoisotopic (exact) mass is 240 g/mol. The van der Waals surface area contributed by atoms with Crippen molar-refractivity contribution in [2.24, 2.45) is 0 Å². The number of aliphatic carboxylic acids is 1. The van der Waals surface area contributed by atoms with Crippen molar-refractivity contribution in [1.82, 2.24) is 0 Å². The normalized spacial score (nSPS) is 11.2. The van der Waals surface area contributed by atoms with Gasteiger partial charge in [0.05, 0.1) is 0 Å². The first-order chi connectivity index (χ1) is 7.50. The Morgan fingerprint density at radius 3 is 2.24 bits per heavy atom. The van der Waals surface area contributed by atoms with Crippen LogP contribution in [0.4, 0.5) is 0 Å². The summed E-state index contributed by atoms with van der Waals surface area (Å²) in [7, 11) is 0. The zero-order valence-electron chi connectivity index (χ0n) is 11.0. The van der Waals surface area contributed by atoms with E-state index in [-0.39, 0.29) is 29.6 Å². The maximum atomic E-state index is 10.7. The van der Waals surface area contributed by atoms with Gasteiger partial charge in [-0.05, 0) is 31.4 Å². The van der Waals surface area contributed by atoms with Gasteiger partial charge in [-0.3, -0.25) is 0 Å². The summed E-state index contributed by atoms with van der Waals surface area (Å²) in [6, 6.07) is 7.64. The molecule has 0 bridgehead atoms. The minimum absolute atomic E-state index is 0. The van der Waals surface area contributed by atoms with E-state index in [1.165, 1.54) is 11.1 Å². The van der Waals surface area contributed by atoms with E-state index in [0.717, 1.165) is 12.0 Å². The molecule has 0 saturated heterocycles. The van der Waals surface area contributed by atoms with E-state index >= 15 is 0 Å². The summed E-state index contributed by atoms with van der Waals surface area (Å²) in [4.78, 5) is 10.7. The molecule has 0 heterocycles. The fourth-order valence-corrected chi connectivity index (χ4v) is 1.40. The van der Waals surface area contributed by atoms with Crippen LogP contribution in [0.15, 0.2) is 35.9 Å². The Bertz CT molecular complexity index is 389. The van der Waals surface area contributed by atoms with Crippen LogP contribution in [-0.2, 0) is 11.2 Å². The molecular weight excluding hydrogens is 223 g/mol. The zero-order valence-corrected chi connectivity index (χ0v) is 13.0. The number of carboxylic acids is 1. The van der Waals surface area contributed by atoms with E-state index in [1.807, 2.05) is 24.3 Å². The summed E-state index contributed by atoms with van der Waals surface area (Å²) in [6.07, 6.45) is 3.04. The molecule has 17 heavy (non-hydrogen) atoms. The fourth-order valence-electron chi connectivity index (χ4n) is 1.40. The quantitative estimate of drug-likeness (QED) is 0.503. The number of carbonyl (C=O) groups excluding carboxylic acids is 1. The largest absolute Gasteiger partial charge is 1.00 e. The smallest absolute Gasteiger partial charge is 0.550 e. The average Bonchev–Trinajstić information content (AvgIpc) is 2.26. The van der Waals surface area contributed by atoms with Crippen molar-refractivity contribution in [3.8, 4) is 0 Å². The van der Waals surface area contributed by atoms with Gasteiger partial charge in [-0.15, -0.1) is 0 Å². The molecular formula is C14H17NaO2. The van der Waals surface area contributed by atoms with Crippen molar-refractivity contribution >= 4 is 5.97 Å². The molecule has 0 aromatic heterocycles. The second kappa shape index (κ2) is 7.70. The van der Waals surface area contributed by atoms with Gasteiger partial charge in [-0.2, -0.15) is 0 Å². The molecule has 1 atom stereocenters. The molecule has 1 aromatic carbocycles. The second-order valence-electron chi connectivity index (χ2n) is 4.27. The number of allylic oxidation sites excluding steroid dienone is 2. The average molecular weight is 240 g/mol. The molecule has 0 fully saturated rings. The van der Waals surface area contributed by atoms with E-state index in [4.69, 9.17) is 0 Å². The van der Waals surface area contributed by atoms with Gasteiger partial charge in [-0.1, -0.05) is 42.8 Å². The van der Waals surface area contributed by atoms with Gasteiger partial charge in [0.25, 0.3) is 0 Å². The van der Waals surface area contributed by atoms with Gasteiger partial charge in [0.2, 0.25) is 0 Å². The summed E-state index contributed by atoms with van der Waals surface area (Å²) in [5, 5.41) is 10.7. The Morgan fingerprint density at radius 1 is 1.29 bits per heavy atom. The van der Waals surface area contributed by atoms with Crippen LogP contribution in [0.25, 0.3) is 0 Å². The molecule has 3 heteroatoms. The Labute approximate surface area is 125 Å². The molecule has 0 aliphatic carbocycles. The maximum Gasteiger partial charge on any atom is 1.00 e. The predicted octanol–water partition coefficient (Wildman–Crippen LogP) is -0.947. The molecule has 1 rings (SSSR count). The summed E-state index contributed by atoms with van der Waals surface area (Å²) in [5.41, 5.74) is 3.27. The van der Waals surface area contributed by atoms with Crippen LogP contribution in [0.5, 0.6) is 0 Å². The van der Waals surface area contributed by atoms with Gasteiger partial charge in [-0.25, -0.2) is 0 Å². The van der Waals surface area contributed by atoms with Gasteiger partial charge in [0.15, 0.2) is 0 Å². The first kappa shape index (κ1) is 16.4. The number of carboxylic acid groups (broad SMARTS) is 1. The molecule has 0 radical (unpaired) electrons. The van der Waals surface area contributed by atoms with Crippen molar-refractivity contribution in [1.29, 1.82) is 0 Å². The van der Waals surface area contributed by atoms with Crippen LogP contribution >= 0.6 is 0 Å². The van der Waals surface area contributed by atoms with Crippen molar-refractivity contribution in [3.63, 3.8) is 0 Å². The Hall–Kier alpha value is -0.570. The van der Waals surface area contributed by atoms with Gasteiger partial charge in [0, 0.05) is 11.9 Å². The number of hydrogen-bond acceptors (Lipinski definition) is 2. The summed E-state index contributed by atoms with van der Waals surface area (Å²) in [6.45, 7) is 5.76. The maximum absolute atomic E-state index is 10.7. The molecule has 1 unspecified atom stereocenters. The molecule has 2 nitrogen and oxygen atoms in total. The molecule has 86 valence electrons. The Kier molecular flexibility index (Phi) is 7.44. The standard InChI is InChI=1S/C14H18O2.Na/c1-10(2)4-5-12-6-8-13(9-7-12)11(3)14(15)16;/h4,6-9,11H,5H2,1-3H3,(H,15,16);/q;+1/p-1. The number of rotatable bonds is 4. The minimum atomic E-state index is -1.03. The van der Waals surface area contributed by atoms with Crippen LogP contribution in [0.2, 0.25) is 0 Å². The molecule has 0 N–H and O–H groups in total. The van der Waals surface area contributed by atoms with Crippen molar-refractivity contribution in [2.45, 2.75) is 33.1 Å². The SMILES string of the molecule is CC(C)=CCc1ccc(C(C)C(=O)[O-])cc1.[Na+]. The van der Waals surface area contributed by atoms with E-state index in [9.17, 15) is 9.90 Å². The van der Waals surface area contributed by atoms with Gasteiger partial charge >= 0.3 is 29.6 Å². The predicted molar refractivity (Wildman–Crippen MR) is 63.0 cm³/mol. The van der Waals surface area contributed by atoms with E-state index in [0.29, 0.717) is 0 Å². The van der Waals surface area contributed by atoms with Crippen molar-refractivity contribution < 1.29 is 39.5 Å². The first-order valence-electron chi connectivity index (χ1n) is 5.43. The molecule has 0 spiro atoms.